The van der Waals surface area contributed by atoms with Crippen molar-refractivity contribution >= 4 is 64.5 Å². The number of carboxylic acids is 1. The monoisotopic (exact) mass is 417 g/mol. The molecular formula is C19H18Cl2NNaO4. The number of benzene rings is 2. The molecule has 0 radical (unpaired) electrons. The second kappa shape index (κ2) is 8.52. The molecule has 3 rings (SSSR count). The standard InChI is InChI=1S/C19H17Cl2NO4.Na.H/c1-19(12-4-2-10(8-22)3-5-12)7-11-6-13(26-9-14(23)24)16(20)17(21)15(11)18(19)25;;/h2-6H,7-9,22H2,1H3,(H,23,24);;. The van der Waals surface area contributed by atoms with E-state index in [-0.39, 0.29) is 51.1 Å². The van der Waals surface area contributed by atoms with E-state index in [1.54, 1.807) is 6.07 Å². The van der Waals surface area contributed by atoms with Crippen molar-refractivity contribution in [2.75, 3.05) is 6.61 Å². The van der Waals surface area contributed by atoms with E-state index in [1.807, 2.05) is 31.2 Å². The van der Waals surface area contributed by atoms with Crippen LogP contribution in [0.25, 0.3) is 0 Å². The molecule has 0 heterocycles. The first-order valence-electron chi connectivity index (χ1n) is 7.97. The van der Waals surface area contributed by atoms with Gasteiger partial charge in [-0.2, -0.15) is 0 Å². The van der Waals surface area contributed by atoms with Crippen molar-refractivity contribution in [2.45, 2.75) is 25.3 Å². The number of ketones is 1. The van der Waals surface area contributed by atoms with Crippen molar-refractivity contribution in [2.24, 2.45) is 5.73 Å². The fourth-order valence-corrected chi connectivity index (χ4v) is 3.76. The van der Waals surface area contributed by atoms with Crippen LogP contribution in [-0.2, 0) is 23.2 Å². The number of ether oxygens (including phenoxy) is 1. The Balaban J connectivity index is 0.00000261. The zero-order valence-electron chi connectivity index (χ0n) is 14.0. The van der Waals surface area contributed by atoms with Gasteiger partial charge in [0, 0.05) is 12.1 Å². The van der Waals surface area contributed by atoms with E-state index in [0.717, 1.165) is 11.1 Å². The summed E-state index contributed by atoms with van der Waals surface area (Å²) in [4.78, 5) is 23.9. The molecule has 1 atom stereocenters. The van der Waals surface area contributed by atoms with Crippen LogP contribution in [0.1, 0.15) is 34.0 Å². The average Bonchev–Trinajstić information content (AvgIpc) is 2.88. The number of aliphatic carboxylic acids is 1. The SMILES string of the molecule is CC1(c2ccc(CN)cc2)Cc2cc(OCC(=O)O)c(Cl)c(Cl)c2C1=O.[NaH]. The molecule has 1 aliphatic rings. The molecule has 0 spiro atoms. The molecular weight excluding hydrogens is 400 g/mol. The Labute approximate surface area is 189 Å². The topological polar surface area (TPSA) is 89.6 Å². The molecule has 2 aromatic carbocycles. The van der Waals surface area contributed by atoms with Crippen LogP contribution in [0.4, 0.5) is 0 Å². The third-order valence-corrected chi connectivity index (χ3v) is 5.56. The summed E-state index contributed by atoms with van der Waals surface area (Å²) in [5, 5.41) is 8.92. The van der Waals surface area contributed by atoms with Crippen LogP contribution in [0, 0.1) is 0 Å². The van der Waals surface area contributed by atoms with Crippen LogP contribution in [0.3, 0.4) is 0 Å². The average molecular weight is 418 g/mol. The van der Waals surface area contributed by atoms with E-state index in [2.05, 4.69) is 0 Å². The molecule has 0 aromatic heterocycles. The molecule has 8 heteroatoms. The van der Waals surface area contributed by atoms with Crippen molar-refractivity contribution in [1.29, 1.82) is 0 Å². The number of nitrogens with two attached hydrogens (primary N) is 1. The summed E-state index contributed by atoms with van der Waals surface area (Å²) in [5.41, 5.74) is 7.74. The predicted octanol–water partition coefficient (Wildman–Crippen LogP) is 2.96. The second-order valence-corrected chi connectivity index (χ2v) is 7.21. The molecule has 0 aliphatic heterocycles. The summed E-state index contributed by atoms with van der Waals surface area (Å²) < 4.78 is 5.20. The van der Waals surface area contributed by atoms with Gasteiger partial charge < -0.3 is 15.6 Å². The van der Waals surface area contributed by atoms with Gasteiger partial charge in [-0.15, -0.1) is 0 Å². The zero-order chi connectivity index (χ0) is 19.1. The first kappa shape index (κ1) is 22.2. The first-order chi connectivity index (χ1) is 12.3. The van der Waals surface area contributed by atoms with Crippen LogP contribution < -0.4 is 10.5 Å². The van der Waals surface area contributed by atoms with Gasteiger partial charge in [-0.05, 0) is 36.1 Å². The van der Waals surface area contributed by atoms with Gasteiger partial charge in [0.2, 0.25) is 0 Å². The Morgan fingerprint density at radius 3 is 2.44 bits per heavy atom. The Bertz CT molecular complexity index is 902. The normalized spacial score (nSPS) is 18.0. The fourth-order valence-electron chi connectivity index (χ4n) is 3.26. The quantitative estimate of drug-likeness (QED) is 0.729. The van der Waals surface area contributed by atoms with Gasteiger partial charge in [0.1, 0.15) is 10.8 Å². The van der Waals surface area contributed by atoms with Crippen LogP contribution in [0.2, 0.25) is 10.0 Å². The van der Waals surface area contributed by atoms with Crippen molar-refractivity contribution in [3.8, 4) is 5.75 Å². The van der Waals surface area contributed by atoms with E-state index in [9.17, 15) is 9.59 Å². The van der Waals surface area contributed by atoms with Gasteiger partial charge in [0.05, 0.1) is 10.4 Å². The third kappa shape index (κ3) is 4.04. The van der Waals surface area contributed by atoms with Crippen LogP contribution in [0.15, 0.2) is 30.3 Å². The van der Waals surface area contributed by atoms with Crippen molar-refractivity contribution < 1.29 is 19.4 Å². The third-order valence-electron chi connectivity index (χ3n) is 4.71. The first-order valence-corrected chi connectivity index (χ1v) is 8.73. The number of carboxylic acid groups (broad SMARTS) is 1. The van der Waals surface area contributed by atoms with Crippen LogP contribution in [0.5, 0.6) is 5.75 Å². The van der Waals surface area contributed by atoms with Gasteiger partial charge in [-0.1, -0.05) is 47.5 Å². The van der Waals surface area contributed by atoms with Gasteiger partial charge >= 0.3 is 35.5 Å². The van der Waals surface area contributed by atoms with Gasteiger partial charge in [0.25, 0.3) is 0 Å². The Morgan fingerprint density at radius 1 is 1.26 bits per heavy atom. The number of Topliss-reactive ketones (excluding diaryl/α,β-unsaturated/α-hetero) is 1. The molecule has 27 heavy (non-hydrogen) atoms. The maximum absolute atomic E-state index is 13.1. The summed E-state index contributed by atoms with van der Waals surface area (Å²) in [6, 6.07) is 9.18. The molecule has 0 bridgehead atoms. The number of carbonyl (C=O) groups excluding carboxylic acids is 1. The summed E-state index contributed by atoms with van der Waals surface area (Å²) in [7, 11) is 0. The molecule has 1 aliphatic carbocycles. The number of carbonyl (C=O) groups is 2. The second-order valence-electron chi connectivity index (χ2n) is 6.46. The Morgan fingerprint density at radius 2 is 1.89 bits per heavy atom. The molecule has 0 saturated carbocycles. The van der Waals surface area contributed by atoms with E-state index >= 15 is 0 Å². The molecule has 138 valence electrons. The van der Waals surface area contributed by atoms with Gasteiger partial charge in [0.15, 0.2) is 12.4 Å². The van der Waals surface area contributed by atoms with Crippen molar-refractivity contribution in [3.63, 3.8) is 0 Å². The molecule has 0 saturated heterocycles. The molecule has 5 nitrogen and oxygen atoms in total. The Kier molecular flexibility index (Phi) is 7.01. The summed E-state index contributed by atoms with van der Waals surface area (Å²) in [5.74, 6) is -1.09. The molecule has 3 N–H and O–H groups in total. The van der Waals surface area contributed by atoms with Gasteiger partial charge in [-0.25, -0.2) is 4.79 Å². The molecule has 1 unspecified atom stereocenters. The summed E-state index contributed by atoms with van der Waals surface area (Å²) >= 11 is 12.5. The number of hydrogen-bond acceptors (Lipinski definition) is 4. The molecule has 0 amide bonds. The van der Waals surface area contributed by atoms with E-state index in [1.165, 1.54) is 0 Å². The number of rotatable bonds is 5. The number of hydrogen-bond donors (Lipinski definition) is 2. The van der Waals surface area contributed by atoms with E-state index < -0.39 is 18.0 Å². The summed E-state index contributed by atoms with van der Waals surface area (Å²) in [6.45, 7) is 1.74. The van der Waals surface area contributed by atoms with Gasteiger partial charge in [-0.3, -0.25) is 4.79 Å². The summed E-state index contributed by atoms with van der Waals surface area (Å²) in [6.07, 6.45) is 0.420. The van der Waals surface area contributed by atoms with E-state index in [4.69, 9.17) is 38.8 Å². The number of fused-ring (bicyclic) bond motifs is 1. The maximum atomic E-state index is 13.1. The van der Waals surface area contributed by atoms with Crippen molar-refractivity contribution in [1.82, 2.24) is 0 Å². The molecule has 0 fully saturated rings. The van der Waals surface area contributed by atoms with E-state index in [0.29, 0.717) is 24.1 Å². The van der Waals surface area contributed by atoms with Crippen molar-refractivity contribution in [3.05, 3.63) is 62.6 Å². The Hall–Kier alpha value is -1.08. The minimum atomic E-state index is -1.13. The molecule has 2 aromatic rings. The zero-order valence-corrected chi connectivity index (χ0v) is 15.5. The predicted molar refractivity (Wildman–Crippen MR) is 106 cm³/mol. The minimum absolute atomic E-state index is 0. The number of halogens is 2. The fraction of sp³-hybridized carbons (Fsp3) is 0.263. The van der Waals surface area contributed by atoms with Crippen LogP contribution >= 0.6 is 23.2 Å². The van der Waals surface area contributed by atoms with Crippen LogP contribution in [-0.4, -0.2) is 53.0 Å².